The largest absolute Gasteiger partial charge is 0.307 e. The van der Waals surface area contributed by atoms with Crippen molar-refractivity contribution >= 4 is 74.9 Å². The minimum atomic E-state index is 0.815. The number of hydrogen-bond donors (Lipinski definition) is 0. The van der Waals surface area contributed by atoms with Crippen LogP contribution in [0.3, 0.4) is 0 Å². The van der Waals surface area contributed by atoms with Gasteiger partial charge in [-0.1, -0.05) is 109 Å². The maximum atomic E-state index is 6.44. The fraction of sp³-hybridized carbons (Fsp3) is 0. The van der Waals surface area contributed by atoms with E-state index in [-0.39, 0.29) is 0 Å². The van der Waals surface area contributed by atoms with E-state index in [0.717, 1.165) is 55.6 Å². The second-order valence-electron chi connectivity index (χ2n) is 12.2. The first-order chi connectivity index (χ1) is 23.8. The van der Waals surface area contributed by atoms with Gasteiger partial charge in [0.25, 0.3) is 0 Å². The molecule has 0 aliphatic rings. The number of benzene rings is 7. The first-order valence-corrected chi connectivity index (χ1v) is 16.8. The van der Waals surface area contributed by atoms with Gasteiger partial charge in [-0.25, -0.2) is 9.97 Å². The van der Waals surface area contributed by atoms with E-state index in [2.05, 4.69) is 137 Å². The SMILES string of the molecule is C#Cc1cc(-c2cc(-c3ccccc3)ncn2)c2c(ccc3c4cc5ccccc5cc4sc32)c1-n1c2ccccc2c2ccccc21. The number of aromatic nitrogens is 3. The van der Waals surface area contributed by atoms with E-state index in [1.165, 1.54) is 41.7 Å². The molecule has 0 unspecified atom stereocenters. The number of rotatable bonds is 3. The lowest BCUT2D eigenvalue weighted by Crippen LogP contribution is -2.01. The van der Waals surface area contributed by atoms with Gasteiger partial charge < -0.3 is 4.57 Å². The Bertz CT molecular complexity index is 2910. The molecule has 0 radical (unpaired) electrons. The molecule has 7 aromatic carbocycles. The molecule has 0 amide bonds. The first-order valence-electron chi connectivity index (χ1n) is 15.9. The Morgan fingerprint density at radius 3 is 1.96 bits per heavy atom. The highest BCUT2D eigenvalue weighted by molar-refractivity contribution is 7.26. The molecule has 0 saturated carbocycles. The molecule has 0 N–H and O–H groups in total. The summed E-state index contributed by atoms with van der Waals surface area (Å²) >= 11 is 1.84. The van der Waals surface area contributed by atoms with Crippen molar-refractivity contribution in [2.24, 2.45) is 0 Å². The van der Waals surface area contributed by atoms with E-state index in [0.29, 0.717) is 0 Å². The smallest absolute Gasteiger partial charge is 0.116 e. The van der Waals surface area contributed by atoms with E-state index in [1.807, 2.05) is 29.5 Å². The Balaban J connectivity index is 1.38. The summed E-state index contributed by atoms with van der Waals surface area (Å²) in [5, 5.41) is 9.60. The van der Waals surface area contributed by atoms with Crippen molar-refractivity contribution in [1.82, 2.24) is 14.5 Å². The van der Waals surface area contributed by atoms with Gasteiger partial charge in [-0.05, 0) is 47.2 Å². The third kappa shape index (κ3) is 3.89. The quantitative estimate of drug-likeness (QED) is 0.183. The number of thiophene rings is 1. The van der Waals surface area contributed by atoms with Crippen molar-refractivity contribution in [3.63, 3.8) is 0 Å². The Hall–Kier alpha value is -6.28. The van der Waals surface area contributed by atoms with Gasteiger partial charge in [-0.15, -0.1) is 17.8 Å². The van der Waals surface area contributed by atoms with Crippen LogP contribution in [0.5, 0.6) is 0 Å². The van der Waals surface area contributed by atoms with Crippen molar-refractivity contribution in [2.75, 3.05) is 0 Å². The molecule has 0 aliphatic heterocycles. The third-order valence-electron chi connectivity index (χ3n) is 9.55. The molecule has 3 heterocycles. The third-order valence-corrected chi connectivity index (χ3v) is 10.7. The Morgan fingerprint density at radius 1 is 0.562 bits per heavy atom. The van der Waals surface area contributed by atoms with Crippen molar-refractivity contribution in [3.05, 3.63) is 151 Å². The van der Waals surface area contributed by atoms with Crippen LogP contribution >= 0.6 is 11.3 Å². The number of fused-ring (bicyclic) bond motifs is 9. The van der Waals surface area contributed by atoms with Crippen molar-refractivity contribution in [3.8, 4) is 40.5 Å². The topological polar surface area (TPSA) is 30.7 Å². The molecule has 0 saturated heterocycles. The van der Waals surface area contributed by atoms with Gasteiger partial charge in [-0.2, -0.15) is 0 Å². The molecule has 0 atom stereocenters. The van der Waals surface area contributed by atoms with Crippen LogP contribution in [0.15, 0.2) is 146 Å². The van der Waals surface area contributed by atoms with Crippen LogP contribution in [-0.2, 0) is 0 Å². The zero-order valence-corrected chi connectivity index (χ0v) is 26.5. The zero-order chi connectivity index (χ0) is 31.8. The van der Waals surface area contributed by atoms with Gasteiger partial charge in [0.2, 0.25) is 0 Å². The predicted octanol–water partition coefficient (Wildman–Crippen LogP) is 11.6. The zero-order valence-electron chi connectivity index (χ0n) is 25.7. The van der Waals surface area contributed by atoms with Crippen LogP contribution in [-0.4, -0.2) is 14.5 Å². The molecule has 0 bridgehead atoms. The molecule has 222 valence electrons. The minimum absolute atomic E-state index is 0.815. The van der Waals surface area contributed by atoms with Crippen LogP contribution < -0.4 is 0 Å². The normalized spacial score (nSPS) is 11.7. The number of para-hydroxylation sites is 2. The Morgan fingerprint density at radius 2 is 1.21 bits per heavy atom. The summed E-state index contributed by atoms with van der Waals surface area (Å²) in [5.74, 6) is 3.10. The molecule has 10 rings (SSSR count). The molecule has 10 aromatic rings. The van der Waals surface area contributed by atoms with Gasteiger partial charge in [0.05, 0.1) is 28.1 Å². The van der Waals surface area contributed by atoms with Gasteiger partial charge in [0.1, 0.15) is 6.33 Å². The molecular formula is C44H25N3S. The Labute approximate surface area is 280 Å². The number of hydrogen-bond acceptors (Lipinski definition) is 3. The van der Waals surface area contributed by atoms with Gasteiger partial charge >= 0.3 is 0 Å². The van der Waals surface area contributed by atoms with E-state index in [4.69, 9.17) is 11.4 Å². The molecule has 0 fully saturated rings. The summed E-state index contributed by atoms with van der Waals surface area (Å²) in [7, 11) is 0. The maximum Gasteiger partial charge on any atom is 0.116 e. The van der Waals surface area contributed by atoms with Crippen molar-refractivity contribution in [2.45, 2.75) is 0 Å². The lowest BCUT2D eigenvalue weighted by atomic mass is 9.94. The predicted molar refractivity (Wildman–Crippen MR) is 203 cm³/mol. The van der Waals surface area contributed by atoms with Crippen molar-refractivity contribution < 1.29 is 0 Å². The van der Waals surface area contributed by atoms with E-state index < -0.39 is 0 Å². The van der Waals surface area contributed by atoms with E-state index in [9.17, 15) is 0 Å². The second kappa shape index (κ2) is 10.4. The number of terminal acetylenes is 1. The Kier molecular flexibility index (Phi) is 5.81. The summed E-state index contributed by atoms with van der Waals surface area (Å²) in [5.41, 5.74) is 7.84. The highest BCUT2D eigenvalue weighted by atomic mass is 32.1. The van der Waals surface area contributed by atoms with Crippen LogP contribution in [0.2, 0.25) is 0 Å². The van der Waals surface area contributed by atoms with Crippen LogP contribution in [0.1, 0.15) is 5.56 Å². The highest BCUT2D eigenvalue weighted by Gasteiger charge is 2.22. The maximum absolute atomic E-state index is 6.44. The molecule has 48 heavy (non-hydrogen) atoms. The van der Waals surface area contributed by atoms with Gasteiger partial charge in [0.15, 0.2) is 0 Å². The molecule has 4 heteroatoms. The monoisotopic (exact) mass is 627 g/mol. The number of nitrogens with zero attached hydrogens (tertiary/aromatic N) is 3. The summed E-state index contributed by atoms with van der Waals surface area (Å²) in [6, 6.07) is 49.5. The lowest BCUT2D eigenvalue weighted by molar-refractivity contribution is 1.17. The van der Waals surface area contributed by atoms with E-state index in [1.54, 1.807) is 6.33 Å². The fourth-order valence-corrected chi connectivity index (χ4v) is 8.70. The highest BCUT2D eigenvalue weighted by Crippen LogP contribution is 2.47. The van der Waals surface area contributed by atoms with E-state index >= 15 is 0 Å². The van der Waals surface area contributed by atoms with Gasteiger partial charge in [-0.3, -0.25) is 0 Å². The summed E-state index contributed by atoms with van der Waals surface area (Å²) in [6.07, 6.45) is 8.11. The lowest BCUT2D eigenvalue weighted by Gasteiger charge is -2.18. The summed E-state index contributed by atoms with van der Waals surface area (Å²) in [6.45, 7) is 0. The van der Waals surface area contributed by atoms with Crippen LogP contribution in [0.4, 0.5) is 0 Å². The fourth-order valence-electron chi connectivity index (χ4n) is 7.41. The molecule has 3 aromatic heterocycles. The molecule has 3 nitrogen and oxygen atoms in total. The minimum Gasteiger partial charge on any atom is -0.307 e. The standard InChI is InChI=1S/C44H25N3S/c1-2-27-22-36(38-25-37(45-26-46-38)28-12-4-3-5-13-28)42-34(43(27)47-39-18-10-8-16-31(39)32-17-9-11-19-40(32)47)21-20-33-35-23-29-14-6-7-15-30(29)24-41(35)48-44(33)42/h1,3-26H. The summed E-state index contributed by atoms with van der Waals surface area (Å²) in [4.78, 5) is 9.54. The average Bonchev–Trinajstić information content (AvgIpc) is 3.68. The van der Waals surface area contributed by atoms with Gasteiger partial charge in [0, 0.05) is 58.4 Å². The average molecular weight is 628 g/mol. The molecule has 0 aliphatic carbocycles. The molecule has 0 spiro atoms. The molecular weight excluding hydrogens is 603 g/mol. The van der Waals surface area contributed by atoms with Crippen LogP contribution in [0.25, 0.3) is 91.7 Å². The first kappa shape index (κ1) is 26.9. The van der Waals surface area contributed by atoms with Crippen molar-refractivity contribution in [1.29, 1.82) is 0 Å². The summed E-state index contributed by atoms with van der Waals surface area (Å²) < 4.78 is 4.84. The van der Waals surface area contributed by atoms with Crippen LogP contribution in [0, 0.1) is 12.3 Å². The second-order valence-corrected chi connectivity index (χ2v) is 13.2.